The van der Waals surface area contributed by atoms with E-state index in [4.69, 9.17) is 14.9 Å². The fourth-order valence-corrected chi connectivity index (χ4v) is 6.13. The van der Waals surface area contributed by atoms with Crippen LogP contribution in [-0.4, -0.2) is 35.5 Å². The fourth-order valence-electron chi connectivity index (χ4n) is 6.13. The molecule has 0 saturated heterocycles. The summed E-state index contributed by atoms with van der Waals surface area (Å²) in [4.78, 5) is 11.1. The van der Waals surface area contributed by atoms with Gasteiger partial charge in [-0.25, -0.2) is 0 Å². The Labute approximate surface area is 283 Å². The number of hydrogen-bond acceptors (Lipinski definition) is 4. The molecule has 0 radical (unpaired) electrons. The van der Waals surface area contributed by atoms with Gasteiger partial charge < -0.3 is 14.9 Å². The highest BCUT2D eigenvalue weighted by Crippen LogP contribution is 2.24. The van der Waals surface area contributed by atoms with Gasteiger partial charge >= 0.3 is 5.97 Å². The SMILES string of the molecule is CC(C)CCCC(C)CCCC(C)CCCCC(C)CCCC(C)CCCC(C)C.CCCCCCCC(=O)OCC(O)CO. The Kier molecular flexibility index (Phi) is 34.4. The minimum atomic E-state index is -0.950. The van der Waals surface area contributed by atoms with Crippen LogP contribution in [0.1, 0.15) is 204 Å². The van der Waals surface area contributed by atoms with Crippen molar-refractivity contribution in [1.82, 2.24) is 0 Å². The molecule has 4 heteroatoms. The monoisotopic (exact) mass is 641 g/mol. The second kappa shape index (κ2) is 33.3. The van der Waals surface area contributed by atoms with Gasteiger partial charge in [0, 0.05) is 6.42 Å². The maximum Gasteiger partial charge on any atom is 0.305 e. The molecule has 0 saturated carbocycles. The summed E-state index contributed by atoms with van der Waals surface area (Å²) < 4.78 is 4.75. The smallest absolute Gasteiger partial charge is 0.305 e. The molecule has 0 fully saturated rings. The maximum absolute atomic E-state index is 11.1. The molecule has 5 unspecified atom stereocenters. The van der Waals surface area contributed by atoms with Gasteiger partial charge in [0.1, 0.15) is 12.7 Å². The second-order valence-corrected chi connectivity index (χ2v) is 15.9. The molecule has 272 valence electrons. The Hall–Kier alpha value is -0.610. The summed E-state index contributed by atoms with van der Waals surface area (Å²) in [6.45, 7) is 21.0. The molecule has 5 atom stereocenters. The first-order chi connectivity index (χ1) is 21.4. The van der Waals surface area contributed by atoms with Crippen LogP contribution in [0.25, 0.3) is 0 Å². The Morgan fingerprint density at radius 2 is 0.867 bits per heavy atom. The summed E-state index contributed by atoms with van der Waals surface area (Å²) in [5.41, 5.74) is 0. The van der Waals surface area contributed by atoms with Gasteiger partial charge in [0.25, 0.3) is 0 Å². The van der Waals surface area contributed by atoms with Crippen LogP contribution in [0.4, 0.5) is 0 Å². The molecule has 0 spiro atoms. The lowest BCUT2D eigenvalue weighted by Crippen LogP contribution is -2.21. The largest absolute Gasteiger partial charge is 0.463 e. The van der Waals surface area contributed by atoms with Gasteiger partial charge in [-0.1, -0.05) is 191 Å². The summed E-state index contributed by atoms with van der Waals surface area (Å²) in [6.07, 6.45) is 28.0. The van der Waals surface area contributed by atoms with E-state index in [0.717, 1.165) is 54.8 Å². The Morgan fingerprint density at radius 3 is 1.22 bits per heavy atom. The molecule has 0 bridgehead atoms. The van der Waals surface area contributed by atoms with Crippen molar-refractivity contribution in [3.8, 4) is 0 Å². The summed E-state index contributed by atoms with van der Waals surface area (Å²) in [6, 6.07) is 0. The molecule has 0 aliphatic rings. The minimum Gasteiger partial charge on any atom is -0.463 e. The first-order valence-electron chi connectivity index (χ1n) is 19.8. The van der Waals surface area contributed by atoms with Crippen molar-refractivity contribution in [1.29, 1.82) is 0 Å². The molecule has 0 aromatic rings. The minimum absolute atomic E-state index is 0.107. The first-order valence-corrected chi connectivity index (χ1v) is 19.8. The van der Waals surface area contributed by atoms with Crippen LogP contribution >= 0.6 is 0 Å². The molecule has 0 rings (SSSR count). The van der Waals surface area contributed by atoms with E-state index in [-0.39, 0.29) is 19.2 Å². The number of carbonyl (C=O) groups excluding carboxylic acids is 1. The van der Waals surface area contributed by atoms with E-state index < -0.39 is 6.10 Å². The third kappa shape index (κ3) is 37.7. The van der Waals surface area contributed by atoms with E-state index in [1.54, 1.807) is 0 Å². The summed E-state index contributed by atoms with van der Waals surface area (Å²) >= 11 is 0. The van der Waals surface area contributed by atoms with Crippen LogP contribution in [0.15, 0.2) is 0 Å². The number of aliphatic hydroxyl groups excluding tert-OH is 2. The third-order valence-electron chi connectivity index (χ3n) is 9.52. The summed E-state index contributed by atoms with van der Waals surface area (Å²) in [7, 11) is 0. The van der Waals surface area contributed by atoms with Crippen LogP contribution in [0.5, 0.6) is 0 Å². The molecule has 4 nitrogen and oxygen atoms in total. The predicted molar refractivity (Wildman–Crippen MR) is 198 cm³/mol. The van der Waals surface area contributed by atoms with Gasteiger partial charge in [-0.2, -0.15) is 0 Å². The number of unbranched alkanes of at least 4 members (excludes halogenated alkanes) is 5. The first kappa shape index (κ1) is 46.5. The van der Waals surface area contributed by atoms with Crippen LogP contribution in [0.3, 0.4) is 0 Å². The number of rotatable bonds is 30. The van der Waals surface area contributed by atoms with E-state index in [2.05, 4.69) is 62.3 Å². The van der Waals surface area contributed by atoms with Gasteiger partial charge in [-0.3, -0.25) is 4.79 Å². The quantitative estimate of drug-likeness (QED) is 0.0605. The molecule has 2 N–H and O–H groups in total. The normalized spacial score (nSPS) is 15.0. The van der Waals surface area contributed by atoms with Crippen LogP contribution in [0, 0.1) is 35.5 Å². The molecule has 0 aliphatic carbocycles. The van der Waals surface area contributed by atoms with E-state index in [1.165, 1.54) is 116 Å². The lowest BCUT2D eigenvalue weighted by Gasteiger charge is -2.16. The van der Waals surface area contributed by atoms with Crippen LogP contribution in [-0.2, 0) is 9.53 Å². The predicted octanol–water partition coefficient (Wildman–Crippen LogP) is 12.3. The number of aliphatic hydroxyl groups is 2. The molecule has 0 aliphatic heterocycles. The second-order valence-electron chi connectivity index (χ2n) is 15.9. The van der Waals surface area contributed by atoms with Gasteiger partial charge in [-0.05, 0) is 41.9 Å². The van der Waals surface area contributed by atoms with Crippen molar-refractivity contribution in [3.63, 3.8) is 0 Å². The van der Waals surface area contributed by atoms with E-state index in [0.29, 0.717) is 6.42 Å². The number of ether oxygens (including phenoxy) is 1. The topological polar surface area (TPSA) is 66.8 Å². The molecular formula is C41H84O4. The summed E-state index contributed by atoms with van der Waals surface area (Å²) in [5.74, 6) is 5.22. The van der Waals surface area contributed by atoms with E-state index >= 15 is 0 Å². The average molecular weight is 641 g/mol. The zero-order chi connectivity index (χ0) is 34.3. The highest BCUT2D eigenvalue weighted by molar-refractivity contribution is 5.69. The number of carbonyl (C=O) groups is 1. The van der Waals surface area contributed by atoms with Crippen LogP contribution < -0.4 is 0 Å². The van der Waals surface area contributed by atoms with Gasteiger partial charge in [-0.15, -0.1) is 0 Å². The van der Waals surface area contributed by atoms with Crippen LogP contribution in [0.2, 0.25) is 0 Å². The molecule has 0 heterocycles. The van der Waals surface area contributed by atoms with Crippen molar-refractivity contribution < 1.29 is 19.7 Å². The highest BCUT2D eigenvalue weighted by atomic mass is 16.5. The number of esters is 1. The molecule has 0 aromatic carbocycles. The van der Waals surface area contributed by atoms with E-state index in [9.17, 15) is 4.79 Å². The molecular weight excluding hydrogens is 556 g/mol. The number of hydrogen-bond donors (Lipinski definition) is 2. The average Bonchev–Trinajstić information content (AvgIpc) is 2.98. The standard InChI is InChI=1S/C30H62.C11H22O4/c1-25(2)15-11-19-29(7)23-13-21-27(5)17-9-10-18-28(6)22-14-24-30(8)20-12-16-26(3)4;1-2-3-4-5-6-7-11(14)15-9-10(13)8-12/h25-30H,9-24H2,1-8H3;10,12-13H,2-9H2,1H3. The highest BCUT2D eigenvalue weighted by Gasteiger charge is 2.10. The van der Waals surface area contributed by atoms with Gasteiger partial charge in [0.15, 0.2) is 0 Å². The maximum atomic E-state index is 11.1. The summed E-state index contributed by atoms with van der Waals surface area (Å²) in [5, 5.41) is 17.4. The molecule has 0 amide bonds. The van der Waals surface area contributed by atoms with Gasteiger partial charge in [0.2, 0.25) is 0 Å². The molecule has 0 aromatic heterocycles. The van der Waals surface area contributed by atoms with Crippen molar-refractivity contribution in [2.45, 2.75) is 210 Å². The Morgan fingerprint density at radius 1 is 0.511 bits per heavy atom. The van der Waals surface area contributed by atoms with Crippen molar-refractivity contribution >= 4 is 5.97 Å². The Bertz CT molecular complexity index is 570. The van der Waals surface area contributed by atoms with Gasteiger partial charge in [0.05, 0.1) is 6.61 Å². The lowest BCUT2D eigenvalue weighted by molar-refractivity contribution is -0.147. The molecule has 45 heavy (non-hydrogen) atoms. The van der Waals surface area contributed by atoms with Crippen molar-refractivity contribution in [2.75, 3.05) is 13.2 Å². The van der Waals surface area contributed by atoms with Crippen molar-refractivity contribution in [2.24, 2.45) is 35.5 Å². The third-order valence-corrected chi connectivity index (χ3v) is 9.52. The fraction of sp³-hybridized carbons (Fsp3) is 0.976. The Balaban J connectivity index is 0. The zero-order valence-electron chi connectivity index (χ0n) is 32.2. The zero-order valence-corrected chi connectivity index (χ0v) is 32.2. The van der Waals surface area contributed by atoms with Crippen molar-refractivity contribution in [3.05, 3.63) is 0 Å². The van der Waals surface area contributed by atoms with E-state index in [1.807, 2.05) is 0 Å². The lowest BCUT2D eigenvalue weighted by atomic mass is 9.90.